The van der Waals surface area contributed by atoms with E-state index in [4.69, 9.17) is 0 Å². The van der Waals surface area contributed by atoms with Crippen LogP contribution in [0.25, 0.3) is 0 Å². The van der Waals surface area contributed by atoms with Gasteiger partial charge in [-0.1, -0.05) is 100 Å². The first-order chi connectivity index (χ1) is 8.35. The van der Waals surface area contributed by atoms with Crippen LogP contribution in [0.1, 0.15) is 90.9 Å². The van der Waals surface area contributed by atoms with Gasteiger partial charge in [-0.25, -0.2) is 0 Å². The van der Waals surface area contributed by atoms with Crippen molar-refractivity contribution in [3.8, 4) is 0 Å². The van der Waals surface area contributed by atoms with Crippen molar-refractivity contribution in [1.29, 1.82) is 0 Å². The van der Waals surface area contributed by atoms with Gasteiger partial charge in [0, 0.05) is 5.33 Å². The molecular weight excluding hydrogens is 272 g/mol. The fraction of sp³-hybridized carbons (Fsp3) is 1.00. The molecule has 0 saturated heterocycles. The SMILES string of the molecule is CCCCCCCCC(CCBr)CCCCC. The van der Waals surface area contributed by atoms with Gasteiger partial charge >= 0.3 is 0 Å². The van der Waals surface area contributed by atoms with Gasteiger partial charge in [-0.2, -0.15) is 0 Å². The summed E-state index contributed by atoms with van der Waals surface area (Å²) in [5, 5.41) is 1.19. The second-order valence-electron chi connectivity index (χ2n) is 5.40. The lowest BCUT2D eigenvalue weighted by atomic mass is 9.92. The normalized spacial score (nSPS) is 12.9. The van der Waals surface area contributed by atoms with Gasteiger partial charge in [-0.3, -0.25) is 0 Å². The van der Waals surface area contributed by atoms with Crippen molar-refractivity contribution in [2.45, 2.75) is 90.9 Å². The van der Waals surface area contributed by atoms with E-state index in [0.717, 1.165) is 5.92 Å². The number of rotatable bonds is 13. The van der Waals surface area contributed by atoms with Gasteiger partial charge in [0.1, 0.15) is 0 Å². The van der Waals surface area contributed by atoms with Crippen LogP contribution in [0, 0.1) is 5.92 Å². The smallest absolute Gasteiger partial charge is 0.00339 e. The van der Waals surface area contributed by atoms with Gasteiger partial charge in [-0.15, -0.1) is 0 Å². The highest BCUT2D eigenvalue weighted by Gasteiger charge is 2.07. The Morgan fingerprint density at radius 3 is 1.71 bits per heavy atom. The van der Waals surface area contributed by atoms with Crippen molar-refractivity contribution in [1.82, 2.24) is 0 Å². The van der Waals surface area contributed by atoms with Crippen LogP contribution in [-0.4, -0.2) is 5.33 Å². The zero-order valence-corrected chi connectivity index (χ0v) is 13.7. The van der Waals surface area contributed by atoms with E-state index in [1.165, 1.54) is 82.4 Å². The van der Waals surface area contributed by atoms with E-state index in [0.29, 0.717) is 0 Å². The number of hydrogen-bond donors (Lipinski definition) is 0. The molecule has 0 amide bonds. The average molecular weight is 305 g/mol. The van der Waals surface area contributed by atoms with Gasteiger partial charge in [0.25, 0.3) is 0 Å². The molecule has 0 aliphatic carbocycles. The Morgan fingerprint density at radius 1 is 0.647 bits per heavy atom. The maximum absolute atomic E-state index is 3.60. The average Bonchev–Trinajstić information content (AvgIpc) is 2.34. The van der Waals surface area contributed by atoms with E-state index < -0.39 is 0 Å². The van der Waals surface area contributed by atoms with Crippen molar-refractivity contribution in [2.24, 2.45) is 5.92 Å². The first kappa shape index (κ1) is 17.5. The molecule has 0 rings (SSSR count). The van der Waals surface area contributed by atoms with E-state index >= 15 is 0 Å². The van der Waals surface area contributed by atoms with E-state index in [1.54, 1.807) is 0 Å². The Hall–Kier alpha value is 0.480. The predicted octanol–water partition coefficient (Wildman–Crippen LogP) is 6.72. The molecule has 0 bridgehead atoms. The molecule has 0 aliphatic rings. The lowest BCUT2D eigenvalue weighted by Crippen LogP contribution is -2.01. The van der Waals surface area contributed by atoms with E-state index in [9.17, 15) is 0 Å². The quantitative estimate of drug-likeness (QED) is 0.262. The Labute approximate surface area is 118 Å². The highest BCUT2D eigenvalue weighted by atomic mass is 79.9. The summed E-state index contributed by atoms with van der Waals surface area (Å²) in [6.45, 7) is 4.59. The van der Waals surface area contributed by atoms with Crippen LogP contribution in [-0.2, 0) is 0 Å². The predicted molar refractivity (Wildman–Crippen MR) is 84.0 cm³/mol. The minimum Gasteiger partial charge on any atom is -0.0928 e. The summed E-state index contributed by atoms with van der Waals surface area (Å²) in [6.07, 6.45) is 17.2. The minimum absolute atomic E-state index is 0.993. The van der Waals surface area contributed by atoms with Crippen LogP contribution in [0.3, 0.4) is 0 Å². The van der Waals surface area contributed by atoms with Gasteiger partial charge in [0.05, 0.1) is 0 Å². The van der Waals surface area contributed by atoms with Crippen LogP contribution in [0.5, 0.6) is 0 Å². The van der Waals surface area contributed by atoms with Crippen molar-refractivity contribution >= 4 is 15.9 Å². The molecule has 104 valence electrons. The summed E-state index contributed by atoms with van der Waals surface area (Å²) >= 11 is 3.60. The molecule has 0 aromatic heterocycles. The highest BCUT2D eigenvalue weighted by Crippen LogP contribution is 2.22. The minimum atomic E-state index is 0.993. The number of hydrogen-bond acceptors (Lipinski definition) is 0. The fourth-order valence-corrected chi connectivity index (χ4v) is 3.13. The third-order valence-electron chi connectivity index (χ3n) is 3.70. The van der Waals surface area contributed by atoms with Crippen LogP contribution in [0.4, 0.5) is 0 Å². The summed E-state index contributed by atoms with van der Waals surface area (Å²) in [5.74, 6) is 0.993. The van der Waals surface area contributed by atoms with Crippen LogP contribution < -0.4 is 0 Å². The Bertz CT molecular complexity index is 133. The van der Waals surface area contributed by atoms with Gasteiger partial charge in [0.2, 0.25) is 0 Å². The zero-order chi connectivity index (χ0) is 12.8. The van der Waals surface area contributed by atoms with Crippen LogP contribution in [0.2, 0.25) is 0 Å². The van der Waals surface area contributed by atoms with Gasteiger partial charge < -0.3 is 0 Å². The topological polar surface area (TPSA) is 0 Å². The molecule has 0 radical (unpaired) electrons. The van der Waals surface area contributed by atoms with Gasteiger partial charge in [-0.05, 0) is 12.3 Å². The van der Waals surface area contributed by atoms with Crippen LogP contribution in [0.15, 0.2) is 0 Å². The molecule has 1 unspecified atom stereocenters. The molecule has 0 nitrogen and oxygen atoms in total. The van der Waals surface area contributed by atoms with Gasteiger partial charge in [0.15, 0.2) is 0 Å². The molecule has 0 heterocycles. The van der Waals surface area contributed by atoms with E-state index in [-0.39, 0.29) is 0 Å². The summed E-state index contributed by atoms with van der Waals surface area (Å²) in [7, 11) is 0. The second-order valence-corrected chi connectivity index (χ2v) is 6.19. The summed E-state index contributed by atoms with van der Waals surface area (Å²) in [5.41, 5.74) is 0. The van der Waals surface area contributed by atoms with Crippen molar-refractivity contribution in [3.05, 3.63) is 0 Å². The largest absolute Gasteiger partial charge is 0.0928 e. The van der Waals surface area contributed by atoms with E-state index in [2.05, 4.69) is 29.8 Å². The Morgan fingerprint density at radius 2 is 1.12 bits per heavy atom. The Kier molecular flexibility index (Phi) is 15.0. The monoisotopic (exact) mass is 304 g/mol. The number of alkyl halides is 1. The molecule has 1 heteroatoms. The highest BCUT2D eigenvalue weighted by molar-refractivity contribution is 9.09. The molecule has 0 aromatic carbocycles. The zero-order valence-electron chi connectivity index (χ0n) is 12.1. The van der Waals surface area contributed by atoms with Crippen molar-refractivity contribution < 1.29 is 0 Å². The van der Waals surface area contributed by atoms with E-state index in [1.807, 2.05) is 0 Å². The molecule has 0 fully saturated rings. The Balaban J connectivity index is 3.41. The third-order valence-corrected chi connectivity index (χ3v) is 4.16. The lowest BCUT2D eigenvalue weighted by molar-refractivity contribution is 0.399. The lowest BCUT2D eigenvalue weighted by Gasteiger charge is -2.15. The summed E-state index contributed by atoms with van der Waals surface area (Å²) in [4.78, 5) is 0. The van der Waals surface area contributed by atoms with Crippen LogP contribution >= 0.6 is 15.9 Å². The molecule has 0 spiro atoms. The molecule has 0 N–H and O–H groups in total. The number of unbranched alkanes of at least 4 members (excludes halogenated alkanes) is 7. The summed E-state index contributed by atoms with van der Waals surface area (Å²) < 4.78 is 0. The molecule has 1 atom stereocenters. The molecule has 0 saturated carbocycles. The fourth-order valence-electron chi connectivity index (χ4n) is 2.48. The van der Waals surface area contributed by atoms with Crippen molar-refractivity contribution in [3.63, 3.8) is 0 Å². The number of halogens is 1. The maximum atomic E-state index is 3.60. The standard InChI is InChI=1S/C16H33Br/c1-3-5-7-8-9-11-13-16(14-15-17)12-10-6-4-2/h16H,3-15H2,1-2H3. The van der Waals surface area contributed by atoms with Crippen molar-refractivity contribution in [2.75, 3.05) is 5.33 Å². The maximum Gasteiger partial charge on any atom is 0.00339 e. The second kappa shape index (κ2) is 14.5. The molecule has 17 heavy (non-hydrogen) atoms. The molecule has 0 aliphatic heterocycles. The third kappa shape index (κ3) is 12.7. The first-order valence-corrected chi connectivity index (χ1v) is 9.03. The molecule has 0 aromatic rings. The molecular formula is C16H33Br. The summed E-state index contributed by atoms with van der Waals surface area (Å²) in [6, 6.07) is 0. The first-order valence-electron chi connectivity index (χ1n) is 7.91.